The molecule has 24 heavy (non-hydrogen) atoms. The van der Waals surface area contributed by atoms with Gasteiger partial charge in [0, 0.05) is 16.3 Å². The summed E-state index contributed by atoms with van der Waals surface area (Å²) in [5.74, 6) is -1.26. The van der Waals surface area contributed by atoms with Crippen LogP contribution in [0, 0.1) is 6.92 Å². The molecule has 2 rings (SSSR count). The lowest BCUT2D eigenvalue weighted by Gasteiger charge is -2.10. The predicted octanol–water partition coefficient (Wildman–Crippen LogP) is 3.40. The van der Waals surface area contributed by atoms with Crippen LogP contribution in [-0.2, 0) is 11.2 Å². The molecule has 0 spiro atoms. The molecule has 0 aliphatic rings. The number of carboxylic acid groups (broad SMARTS) is 1. The Hall–Kier alpha value is -2.44. The van der Waals surface area contributed by atoms with Gasteiger partial charge in [-0.2, -0.15) is 0 Å². The van der Waals surface area contributed by atoms with Crippen LogP contribution in [0.4, 0.5) is 5.69 Å². The summed E-state index contributed by atoms with van der Waals surface area (Å²) in [7, 11) is 0. The number of benzene rings is 2. The summed E-state index contributed by atoms with van der Waals surface area (Å²) in [4.78, 5) is 22.8. The van der Waals surface area contributed by atoms with E-state index in [4.69, 9.17) is 28.9 Å². The van der Waals surface area contributed by atoms with Gasteiger partial charge in [-0.25, -0.2) is 0 Å². The number of carbonyl (C=O) groups excluding carboxylic acids is 1. The van der Waals surface area contributed by atoms with Crippen LogP contribution in [-0.4, -0.2) is 22.1 Å². The Balaban J connectivity index is 1.96. The first-order valence-electron chi connectivity index (χ1n) is 7.04. The van der Waals surface area contributed by atoms with E-state index in [1.807, 2.05) is 6.92 Å². The Bertz CT molecular complexity index is 791. The van der Waals surface area contributed by atoms with Gasteiger partial charge in [0.15, 0.2) is 5.11 Å². The van der Waals surface area contributed by atoms with Crippen molar-refractivity contribution in [3.8, 4) is 0 Å². The molecule has 124 valence electrons. The number of hydrogen-bond acceptors (Lipinski definition) is 3. The fraction of sp³-hybridized carbons (Fsp3) is 0.118. The maximum Gasteiger partial charge on any atom is 0.307 e. The number of anilines is 1. The van der Waals surface area contributed by atoms with E-state index in [0.717, 1.165) is 5.56 Å². The van der Waals surface area contributed by atoms with Gasteiger partial charge in [-0.05, 0) is 54.5 Å². The summed E-state index contributed by atoms with van der Waals surface area (Å²) in [6, 6.07) is 11.8. The standard InChI is InChI=1S/C17H15ClN2O3S/c1-10-2-5-12(9-14(10)18)16(23)20-17(24)19-13-6-3-11(4-7-13)8-15(21)22/h2-7,9H,8H2,1H3,(H,21,22)(H2,19,20,23,24). The third-order valence-electron chi connectivity index (χ3n) is 3.23. The third kappa shape index (κ3) is 5.04. The van der Waals surface area contributed by atoms with Crippen molar-refractivity contribution in [2.75, 3.05) is 5.32 Å². The Morgan fingerprint density at radius 2 is 1.83 bits per heavy atom. The summed E-state index contributed by atoms with van der Waals surface area (Å²) in [5, 5.41) is 14.8. The highest BCUT2D eigenvalue weighted by Crippen LogP contribution is 2.16. The van der Waals surface area contributed by atoms with E-state index in [0.29, 0.717) is 21.8 Å². The van der Waals surface area contributed by atoms with Crippen LogP contribution in [0.1, 0.15) is 21.5 Å². The molecule has 0 fully saturated rings. The zero-order valence-corrected chi connectivity index (χ0v) is 14.4. The number of carbonyl (C=O) groups is 2. The zero-order valence-electron chi connectivity index (χ0n) is 12.8. The number of aliphatic carboxylic acids is 1. The summed E-state index contributed by atoms with van der Waals surface area (Å²) in [6.45, 7) is 1.85. The molecule has 0 aliphatic heterocycles. The van der Waals surface area contributed by atoms with Gasteiger partial charge in [0.05, 0.1) is 6.42 Å². The molecular formula is C17H15ClN2O3S. The lowest BCUT2D eigenvalue weighted by Crippen LogP contribution is -2.34. The van der Waals surface area contributed by atoms with Crippen molar-refractivity contribution in [2.45, 2.75) is 13.3 Å². The quantitative estimate of drug-likeness (QED) is 0.726. The number of carboxylic acids is 1. The summed E-state index contributed by atoms with van der Waals surface area (Å²) in [6.07, 6.45) is -0.0460. The van der Waals surface area contributed by atoms with Crippen LogP contribution < -0.4 is 10.6 Å². The minimum absolute atomic E-state index is 0.0460. The number of thiocarbonyl (C=S) groups is 1. The number of amides is 1. The van der Waals surface area contributed by atoms with Crippen LogP contribution in [0.2, 0.25) is 5.02 Å². The van der Waals surface area contributed by atoms with Crippen molar-refractivity contribution in [3.05, 3.63) is 64.2 Å². The molecule has 0 unspecified atom stereocenters. The average molecular weight is 363 g/mol. The van der Waals surface area contributed by atoms with Crippen molar-refractivity contribution in [2.24, 2.45) is 0 Å². The molecule has 0 atom stereocenters. The SMILES string of the molecule is Cc1ccc(C(=O)NC(=S)Nc2ccc(CC(=O)O)cc2)cc1Cl. The highest BCUT2D eigenvalue weighted by molar-refractivity contribution is 7.80. The third-order valence-corrected chi connectivity index (χ3v) is 3.84. The minimum atomic E-state index is -0.893. The summed E-state index contributed by atoms with van der Waals surface area (Å²) >= 11 is 11.1. The second-order valence-electron chi connectivity index (χ2n) is 5.14. The minimum Gasteiger partial charge on any atom is -0.481 e. The van der Waals surface area contributed by atoms with Crippen LogP contribution in [0.3, 0.4) is 0 Å². The van der Waals surface area contributed by atoms with E-state index in [2.05, 4.69) is 10.6 Å². The molecule has 0 aromatic heterocycles. The lowest BCUT2D eigenvalue weighted by molar-refractivity contribution is -0.136. The van der Waals surface area contributed by atoms with Crippen molar-refractivity contribution in [1.29, 1.82) is 0 Å². The topological polar surface area (TPSA) is 78.4 Å². The van der Waals surface area contributed by atoms with E-state index >= 15 is 0 Å². The molecule has 1 amide bonds. The number of aryl methyl sites for hydroxylation is 1. The van der Waals surface area contributed by atoms with E-state index in [-0.39, 0.29) is 17.4 Å². The molecule has 5 nitrogen and oxygen atoms in total. The first-order chi connectivity index (χ1) is 11.3. The molecular weight excluding hydrogens is 348 g/mol. The second-order valence-corrected chi connectivity index (χ2v) is 5.96. The first-order valence-corrected chi connectivity index (χ1v) is 7.83. The Kier molecular flexibility index (Phi) is 5.89. The predicted molar refractivity (Wildman–Crippen MR) is 97.7 cm³/mol. The highest BCUT2D eigenvalue weighted by atomic mass is 35.5. The Morgan fingerprint density at radius 3 is 2.42 bits per heavy atom. The maximum atomic E-state index is 12.1. The molecule has 0 radical (unpaired) electrons. The van der Waals surface area contributed by atoms with Crippen LogP contribution in [0.15, 0.2) is 42.5 Å². The molecule has 0 heterocycles. The maximum absolute atomic E-state index is 12.1. The van der Waals surface area contributed by atoms with Crippen molar-refractivity contribution in [1.82, 2.24) is 5.32 Å². The van der Waals surface area contributed by atoms with E-state index in [1.54, 1.807) is 42.5 Å². The Labute approximate surface area is 149 Å². The van der Waals surface area contributed by atoms with Gasteiger partial charge < -0.3 is 10.4 Å². The molecule has 2 aromatic carbocycles. The van der Waals surface area contributed by atoms with Gasteiger partial charge in [-0.3, -0.25) is 14.9 Å². The highest BCUT2D eigenvalue weighted by Gasteiger charge is 2.09. The number of halogens is 1. The van der Waals surface area contributed by atoms with Crippen LogP contribution in [0.5, 0.6) is 0 Å². The molecule has 0 aliphatic carbocycles. The largest absolute Gasteiger partial charge is 0.481 e. The van der Waals surface area contributed by atoms with Crippen LogP contribution in [0.25, 0.3) is 0 Å². The zero-order chi connectivity index (χ0) is 17.7. The van der Waals surface area contributed by atoms with Crippen molar-refractivity contribution in [3.63, 3.8) is 0 Å². The van der Waals surface area contributed by atoms with Gasteiger partial charge in [0.2, 0.25) is 0 Å². The summed E-state index contributed by atoms with van der Waals surface area (Å²) in [5.41, 5.74) is 2.62. The molecule has 2 aromatic rings. The molecule has 0 bridgehead atoms. The monoisotopic (exact) mass is 362 g/mol. The molecule has 0 saturated carbocycles. The number of hydrogen-bond donors (Lipinski definition) is 3. The molecule has 7 heteroatoms. The van der Waals surface area contributed by atoms with Crippen molar-refractivity contribution < 1.29 is 14.7 Å². The molecule has 0 saturated heterocycles. The fourth-order valence-electron chi connectivity index (χ4n) is 1.95. The smallest absolute Gasteiger partial charge is 0.307 e. The van der Waals surface area contributed by atoms with E-state index in [9.17, 15) is 9.59 Å². The van der Waals surface area contributed by atoms with E-state index < -0.39 is 5.97 Å². The Morgan fingerprint density at radius 1 is 1.17 bits per heavy atom. The number of rotatable bonds is 4. The lowest BCUT2D eigenvalue weighted by atomic mass is 10.1. The van der Waals surface area contributed by atoms with Gasteiger partial charge >= 0.3 is 5.97 Å². The van der Waals surface area contributed by atoms with Crippen molar-refractivity contribution >= 4 is 46.5 Å². The van der Waals surface area contributed by atoms with Gasteiger partial charge in [-0.15, -0.1) is 0 Å². The van der Waals surface area contributed by atoms with Crippen LogP contribution >= 0.6 is 23.8 Å². The second kappa shape index (κ2) is 7.90. The summed E-state index contributed by atoms with van der Waals surface area (Å²) < 4.78 is 0. The van der Waals surface area contributed by atoms with Gasteiger partial charge in [0.25, 0.3) is 5.91 Å². The number of nitrogens with one attached hydrogen (secondary N) is 2. The first kappa shape index (κ1) is 17.9. The van der Waals surface area contributed by atoms with E-state index in [1.165, 1.54) is 0 Å². The van der Waals surface area contributed by atoms with Gasteiger partial charge in [0.1, 0.15) is 0 Å². The van der Waals surface area contributed by atoms with Gasteiger partial charge in [-0.1, -0.05) is 29.8 Å². The normalized spacial score (nSPS) is 10.1. The average Bonchev–Trinajstić information content (AvgIpc) is 2.51. The fourth-order valence-corrected chi connectivity index (χ4v) is 2.34. The molecule has 3 N–H and O–H groups in total.